The number of aryl methyl sites for hydroxylation is 1. The van der Waals surface area contributed by atoms with E-state index in [9.17, 15) is 4.79 Å². The van der Waals surface area contributed by atoms with Crippen molar-refractivity contribution in [1.29, 1.82) is 0 Å². The highest BCUT2D eigenvalue weighted by Gasteiger charge is 2.14. The quantitative estimate of drug-likeness (QED) is 0.359. The molecular weight excluding hydrogens is 410 g/mol. The van der Waals surface area contributed by atoms with E-state index in [1.165, 1.54) is 10.4 Å². The Morgan fingerprint density at radius 1 is 1.10 bits per heavy atom. The predicted molar refractivity (Wildman–Crippen MR) is 122 cm³/mol. The average molecular weight is 434 g/mol. The van der Waals surface area contributed by atoms with Crippen molar-refractivity contribution in [1.82, 2.24) is 4.98 Å². The maximum atomic E-state index is 11.1. The third kappa shape index (κ3) is 4.86. The van der Waals surface area contributed by atoms with Gasteiger partial charge in [0.05, 0.1) is 18.2 Å². The molecule has 0 radical (unpaired) electrons. The maximum absolute atomic E-state index is 11.1. The summed E-state index contributed by atoms with van der Waals surface area (Å²) in [6.45, 7) is 4.03. The summed E-state index contributed by atoms with van der Waals surface area (Å²) < 4.78 is 11.7. The molecule has 1 unspecified atom stereocenters. The first-order valence-electron chi connectivity index (χ1n) is 10.1. The average Bonchev–Trinajstić information content (AvgIpc) is 3.44. The summed E-state index contributed by atoms with van der Waals surface area (Å²) >= 11 is 1.72. The van der Waals surface area contributed by atoms with Crippen LogP contribution in [0, 0.1) is 6.92 Å². The molecule has 0 aliphatic rings. The number of benzene rings is 2. The zero-order valence-corrected chi connectivity index (χ0v) is 18.2. The highest BCUT2D eigenvalue weighted by atomic mass is 32.1. The molecule has 0 bridgehead atoms. The molecule has 6 heteroatoms. The number of nitrogens with zero attached hydrogens (tertiary/aromatic N) is 1. The molecule has 158 valence electrons. The zero-order chi connectivity index (χ0) is 21.8. The fourth-order valence-electron chi connectivity index (χ4n) is 3.26. The number of rotatable bonds is 8. The van der Waals surface area contributed by atoms with Crippen molar-refractivity contribution in [2.75, 3.05) is 6.61 Å². The molecule has 2 aromatic heterocycles. The first kappa shape index (κ1) is 20.9. The Balaban J connectivity index is 1.37. The molecule has 0 saturated carbocycles. The fraction of sp³-hybridized carbons (Fsp3) is 0.200. The Hall–Kier alpha value is -3.38. The van der Waals surface area contributed by atoms with Crippen LogP contribution in [-0.2, 0) is 11.2 Å². The van der Waals surface area contributed by atoms with Crippen LogP contribution in [0.2, 0.25) is 0 Å². The Morgan fingerprint density at radius 2 is 1.81 bits per heavy atom. The molecule has 0 fully saturated rings. The molecule has 2 heterocycles. The monoisotopic (exact) mass is 433 g/mol. The van der Waals surface area contributed by atoms with Gasteiger partial charge < -0.3 is 14.3 Å². The second-order valence-corrected chi connectivity index (χ2v) is 8.25. The molecule has 1 atom stereocenters. The minimum atomic E-state index is -0.841. The lowest BCUT2D eigenvalue weighted by Gasteiger charge is -2.09. The lowest BCUT2D eigenvalue weighted by molar-refractivity contribution is -0.138. The summed E-state index contributed by atoms with van der Waals surface area (Å²) in [5.41, 5.74) is 3.74. The highest BCUT2D eigenvalue weighted by Crippen LogP contribution is 2.28. The van der Waals surface area contributed by atoms with Crippen molar-refractivity contribution >= 4 is 17.3 Å². The van der Waals surface area contributed by atoms with E-state index in [0.717, 1.165) is 22.6 Å². The fourth-order valence-corrected chi connectivity index (χ4v) is 4.00. The maximum Gasteiger partial charge on any atom is 0.310 e. The number of aromatic nitrogens is 1. The lowest BCUT2D eigenvalue weighted by atomic mass is 10.0. The van der Waals surface area contributed by atoms with E-state index in [-0.39, 0.29) is 0 Å². The second-order valence-electron chi connectivity index (χ2n) is 7.30. The van der Waals surface area contributed by atoms with Gasteiger partial charge in [-0.25, -0.2) is 4.98 Å². The number of hydrogen-bond donors (Lipinski definition) is 1. The molecule has 0 amide bonds. The van der Waals surface area contributed by atoms with Crippen LogP contribution in [0.3, 0.4) is 0 Å². The Labute approximate surface area is 185 Å². The third-order valence-electron chi connectivity index (χ3n) is 5.19. The standard InChI is InChI=1S/C25H23NO4S/c1-16(25(27)28)18-9-11-21(12-10-18)29-14-13-22-17(2)30-24(26-22)20-7-5-19(6-8-20)23-4-3-15-31-23/h3-12,15-16H,13-14H2,1-2H3,(H,27,28). The topological polar surface area (TPSA) is 72.6 Å². The summed E-state index contributed by atoms with van der Waals surface area (Å²) in [7, 11) is 0. The van der Waals surface area contributed by atoms with Gasteiger partial charge in [0, 0.05) is 16.9 Å². The van der Waals surface area contributed by atoms with Crippen LogP contribution in [0.15, 0.2) is 70.5 Å². The minimum absolute atomic E-state index is 0.456. The normalized spacial score (nSPS) is 11.9. The third-order valence-corrected chi connectivity index (χ3v) is 6.11. The molecule has 0 saturated heterocycles. The number of thiophene rings is 1. The van der Waals surface area contributed by atoms with Crippen LogP contribution in [0.5, 0.6) is 5.75 Å². The lowest BCUT2D eigenvalue weighted by Crippen LogP contribution is -2.07. The van der Waals surface area contributed by atoms with Crippen LogP contribution in [0.25, 0.3) is 21.9 Å². The Kier molecular flexibility index (Phi) is 6.18. The Morgan fingerprint density at radius 3 is 2.45 bits per heavy atom. The van der Waals surface area contributed by atoms with Crippen molar-refractivity contribution in [2.24, 2.45) is 0 Å². The molecule has 0 aliphatic carbocycles. The van der Waals surface area contributed by atoms with E-state index in [1.807, 2.05) is 25.1 Å². The van der Waals surface area contributed by atoms with Gasteiger partial charge >= 0.3 is 5.97 Å². The first-order valence-corrected chi connectivity index (χ1v) is 11.0. The SMILES string of the molecule is Cc1oc(-c2ccc(-c3cccs3)cc2)nc1CCOc1ccc(C(C)C(=O)O)cc1. The van der Waals surface area contributed by atoms with Gasteiger partial charge in [0.1, 0.15) is 11.5 Å². The van der Waals surface area contributed by atoms with Gasteiger partial charge in [-0.05, 0) is 60.7 Å². The summed E-state index contributed by atoms with van der Waals surface area (Å²) in [6.07, 6.45) is 0.621. The molecule has 4 aromatic rings. The molecule has 2 aromatic carbocycles. The van der Waals surface area contributed by atoms with Crippen molar-refractivity contribution < 1.29 is 19.1 Å². The number of carbonyl (C=O) groups is 1. The van der Waals surface area contributed by atoms with Gasteiger partial charge in [0.25, 0.3) is 0 Å². The van der Waals surface area contributed by atoms with E-state index in [1.54, 1.807) is 42.5 Å². The molecule has 0 aliphatic heterocycles. The highest BCUT2D eigenvalue weighted by molar-refractivity contribution is 7.13. The summed E-state index contributed by atoms with van der Waals surface area (Å²) in [5, 5.41) is 11.2. The molecule has 31 heavy (non-hydrogen) atoms. The van der Waals surface area contributed by atoms with E-state index >= 15 is 0 Å². The number of carboxylic acid groups (broad SMARTS) is 1. The molecular formula is C25H23NO4S. The summed E-state index contributed by atoms with van der Waals surface area (Å²) in [5.74, 6) is 0.715. The van der Waals surface area contributed by atoms with E-state index in [0.29, 0.717) is 24.7 Å². The van der Waals surface area contributed by atoms with Gasteiger partial charge in [-0.3, -0.25) is 4.79 Å². The van der Waals surface area contributed by atoms with Crippen LogP contribution in [-0.4, -0.2) is 22.7 Å². The predicted octanol–water partition coefficient (Wildman–Crippen LogP) is 6.19. The second kappa shape index (κ2) is 9.18. The largest absolute Gasteiger partial charge is 0.493 e. The smallest absolute Gasteiger partial charge is 0.310 e. The van der Waals surface area contributed by atoms with Crippen LogP contribution < -0.4 is 4.74 Å². The van der Waals surface area contributed by atoms with Gasteiger partial charge in [-0.1, -0.05) is 30.3 Å². The zero-order valence-electron chi connectivity index (χ0n) is 17.4. The molecule has 4 rings (SSSR count). The summed E-state index contributed by atoms with van der Waals surface area (Å²) in [6, 6.07) is 19.5. The van der Waals surface area contributed by atoms with E-state index < -0.39 is 11.9 Å². The number of ether oxygens (including phenoxy) is 1. The van der Waals surface area contributed by atoms with Crippen LogP contribution in [0.4, 0.5) is 0 Å². The minimum Gasteiger partial charge on any atom is -0.493 e. The number of aliphatic carboxylic acids is 1. The van der Waals surface area contributed by atoms with E-state index in [2.05, 4.69) is 28.6 Å². The molecule has 5 nitrogen and oxygen atoms in total. The van der Waals surface area contributed by atoms with Gasteiger partial charge in [0.2, 0.25) is 5.89 Å². The Bertz CT molecular complexity index is 1150. The van der Waals surface area contributed by atoms with Crippen molar-refractivity contribution in [3.05, 3.63) is 83.1 Å². The number of oxazole rings is 1. The van der Waals surface area contributed by atoms with Crippen LogP contribution >= 0.6 is 11.3 Å². The first-order chi connectivity index (χ1) is 15.0. The van der Waals surface area contributed by atoms with Gasteiger partial charge in [-0.2, -0.15) is 0 Å². The van der Waals surface area contributed by atoms with E-state index in [4.69, 9.17) is 14.3 Å². The van der Waals surface area contributed by atoms with Gasteiger partial charge in [-0.15, -0.1) is 11.3 Å². The van der Waals surface area contributed by atoms with Gasteiger partial charge in [0.15, 0.2) is 0 Å². The number of hydrogen-bond acceptors (Lipinski definition) is 5. The van der Waals surface area contributed by atoms with Crippen molar-refractivity contribution in [3.63, 3.8) is 0 Å². The van der Waals surface area contributed by atoms with Crippen molar-refractivity contribution in [2.45, 2.75) is 26.2 Å². The molecule has 0 spiro atoms. The van der Waals surface area contributed by atoms with Crippen LogP contribution in [0.1, 0.15) is 29.9 Å². The van der Waals surface area contributed by atoms with Crippen molar-refractivity contribution in [3.8, 4) is 27.6 Å². The number of carboxylic acids is 1. The summed E-state index contributed by atoms with van der Waals surface area (Å²) in [4.78, 5) is 17.0. The molecule has 1 N–H and O–H groups in total.